The lowest BCUT2D eigenvalue weighted by molar-refractivity contribution is 0.0600. The molecule has 1 amide bonds. The number of anilines is 1. The van der Waals surface area contributed by atoms with E-state index >= 15 is 0 Å². The Bertz CT molecular complexity index is 484. The van der Waals surface area contributed by atoms with Crippen molar-refractivity contribution in [1.82, 2.24) is 9.88 Å². The molecule has 1 aromatic rings. The van der Waals surface area contributed by atoms with Crippen molar-refractivity contribution in [1.29, 1.82) is 0 Å². The molecule has 1 aliphatic heterocycles. The van der Waals surface area contributed by atoms with Gasteiger partial charge < -0.3 is 19.6 Å². The van der Waals surface area contributed by atoms with E-state index in [1.54, 1.807) is 18.3 Å². The zero-order chi connectivity index (χ0) is 13.8. The predicted molar refractivity (Wildman–Crippen MR) is 67.4 cm³/mol. The van der Waals surface area contributed by atoms with Crippen LogP contribution >= 0.6 is 0 Å². The summed E-state index contributed by atoms with van der Waals surface area (Å²) in [5.41, 5.74) is 0.438. The molecule has 0 aromatic carbocycles. The zero-order valence-electron chi connectivity index (χ0n) is 10.6. The highest BCUT2D eigenvalue weighted by Gasteiger charge is 2.21. The number of pyridine rings is 1. The largest absolute Gasteiger partial charge is 0.465 e. The van der Waals surface area contributed by atoms with Crippen LogP contribution in [0.2, 0.25) is 0 Å². The van der Waals surface area contributed by atoms with Gasteiger partial charge in [0.05, 0.1) is 12.7 Å². The molecule has 1 aromatic heterocycles. The van der Waals surface area contributed by atoms with E-state index in [2.05, 4.69) is 9.72 Å². The molecule has 1 saturated heterocycles. The quantitative estimate of drug-likeness (QED) is 0.791. The van der Waals surface area contributed by atoms with E-state index in [0.29, 0.717) is 37.6 Å². The molecule has 102 valence electrons. The van der Waals surface area contributed by atoms with E-state index < -0.39 is 12.1 Å². The number of nitrogens with zero attached hydrogens (tertiary/aromatic N) is 3. The lowest BCUT2D eigenvalue weighted by atomic mass is 10.2. The highest BCUT2D eigenvalue weighted by Crippen LogP contribution is 2.15. The average molecular weight is 265 g/mol. The SMILES string of the molecule is COC(=O)c1ccnc(N2CCN(C(=O)O)CC2)c1. The number of hydrogen-bond acceptors (Lipinski definition) is 5. The van der Waals surface area contributed by atoms with Gasteiger partial charge in [-0.25, -0.2) is 14.6 Å². The Labute approximate surface area is 110 Å². The van der Waals surface area contributed by atoms with Crippen LogP contribution in [0.4, 0.5) is 10.6 Å². The monoisotopic (exact) mass is 265 g/mol. The van der Waals surface area contributed by atoms with Crippen LogP contribution in [0, 0.1) is 0 Å². The molecule has 1 aliphatic rings. The Balaban J connectivity index is 2.07. The fraction of sp³-hybridized carbons (Fsp3) is 0.417. The minimum Gasteiger partial charge on any atom is -0.465 e. The summed E-state index contributed by atoms with van der Waals surface area (Å²) in [6.45, 7) is 1.98. The first-order valence-corrected chi connectivity index (χ1v) is 5.89. The number of rotatable bonds is 2. The Morgan fingerprint density at radius 1 is 1.32 bits per heavy atom. The van der Waals surface area contributed by atoms with Crippen molar-refractivity contribution in [3.63, 3.8) is 0 Å². The Morgan fingerprint density at radius 2 is 2.00 bits per heavy atom. The third-order valence-electron chi connectivity index (χ3n) is 3.04. The first-order valence-electron chi connectivity index (χ1n) is 5.89. The molecule has 0 atom stereocenters. The fourth-order valence-corrected chi connectivity index (χ4v) is 1.96. The summed E-state index contributed by atoms with van der Waals surface area (Å²) in [4.78, 5) is 29.8. The van der Waals surface area contributed by atoms with Gasteiger partial charge in [0.15, 0.2) is 0 Å². The van der Waals surface area contributed by atoms with Crippen molar-refractivity contribution in [3.05, 3.63) is 23.9 Å². The standard InChI is InChI=1S/C12H15N3O4/c1-19-11(16)9-2-3-13-10(8-9)14-4-6-15(7-5-14)12(17)18/h2-3,8H,4-7H2,1H3,(H,17,18). The normalized spacial score (nSPS) is 15.2. The number of hydrogen-bond donors (Lipinski definition) is 1. The van der Waals surface area contributed by atoms with Crippen LogP contribution in [0.5, 0.6) is 0 Å². The lowest BCUT2D eigenvalue weighted by Crippen LogP contribution is -2.48. The number of ether oxygens (including phenoxy) is 1. The highest BCUT2D eigenvalue weighted by atomic mass is 16.5. The molecule has 0 unspecified atom stereocenters. The highest BCUT2D eigenvalue weighted by molar-refractivity contribution is 5.90. The molecule has 1 fully saturated rings. The molecule has 0 spiro atoms. The van der Waals surface area contributed by atoms with Crippen LogP contribution < -0.4 is 4.90 Å². The molecule has 0 radical (unpaired) electrons. The van der Waals surface area contributed by atoms with Crippen LogP contribution in [0.1, 0.15) is 10.4 Å². The summed E-state index contributed by atoms with van der Waals surface area (Å²) in [5.74, 6) is 0.251. The average Bonchev–Trinajstić information content (AvgIpc) is 2.46. The van der Waals surface area contributed by atoms with Gasteiger partial charge in [-0.15, -0.1) is 0 Å². The van der Waals surface area contributed by atoms with E-state index in [9.17, 15) is 9.59 Å². The number of carbonyl (C=O) groups excluding carboxylic acids is 1. The number of aromatic nitrogens is 1. The van der Waals surface area contributed by atoms with E-state index in [1.807, 2.05) is 4.90 Å². The molecular formula is C12H15N3O4. The minimum atomic E-state index is -0.907. The first kappa shape index (κ1) is 13.1. The second-order valence-electron chi connectivity index (χ2n) is 4.15. The molecular weight excluding hydrogens is 250 g/mol. The Kier molecular flexibility index (Phi) is 3.84. The van der Waals surface area contributed by atoms with Crippen molar-refractivity contribution in [3.8, 4) is 0 Å². The Morgan fingerprint density at radius 3 is 2.58 bits per heavy atom. The Hall–Kier alpha value is -2.31. The number of piperazine rings is 1. The molecule has 7 nitrogen and oxygen atoms in total. The molecule has 0 bridgehead atoms. The maximum absolute atomic E-state index is 11.4. The number of carboxylic acid groups (broad SMARTS) is 1. The van der Waals surface area contributed by atoms with Crippen molar-refractivity contribution >= 4 is 17.9 Å². The zero-order valence-corrected chi connectivity index (χ0v) is 10.6. The smallest absolute Gasteiger partial charge is 0.407 e. The molecule has 0 saturated carbocycles. The van der Waals surface area contributed by atoms with E-state index in [-0.39, 0.29) is 0 Å². The van der Waals surface area contributed by atoms with Crippen LogP contribution in [0.15, 0.2) is 18.3 Å². The van der Waals surface area contributed by atoms with Gasteiger partial charge >= 0.3 is 12.1 Å². The summed E-state index contributed by atoms with van der Waals surface area (Å²) in [7, 11) is 1.33. The molecule has 2 heterocycles. The van der Waals surface area contributed by atoms with Crippen LogP contribution in [-0.2, 0) is 4.74 Å². The van der Waals surface area contributed by atoms with E-state index in [1.165, 1.54) is 12.0 Å². The van der Waals surface area contributed by atoms with Crippen molar-refractivity contribution in [2.75, 3.05) is 38.2 Å². The maximum Gasteiger partial charge on any atom is 0.407 e. The number of amides is 1. The van der Waals surface area contributed by atoms with Crippen molar-refractivity contribution in [2.45, 2.75) is 0 Å². The molecule has 2 rings (SSSR count). The van der Waals surface area contributed by atoms with Gasteiger partial charge in [0.1, 0.15) is 5.82 Å². The molecule has 7 heteroatoms. The van der Waals surface area contributed by atoms with Gasteiger partial charge in [-0.3, -0.25) is 0 Å². The number of methoxy groups -OCH3 is 1. The molecule has 1 N–H and O–H groups in total. The molecule has 0 aliphatic carbocycles. The third kappa shape index (κ3) is 2.93. The van der Waals surface area contributed by atoms with Gasteiger partial charge in [0.2, 0.25) is 0 Å². The van der Waals surface area contributed by atoms with Gasteiger partial charge in [-0.05, 0) is 12.1 Å². The van der Waals surface area contributed by atoms with Crippen molar-refractivity contribution in [2.24, 2.45) is 0 Å². The van der Waals surface area contributed by atoms with Gasteiger partial charge in [0, 0.05) is 32.4 Å². The second kappa shape index (κ2) is 5.55. The van der Waals surface area contributed by atoms with E-state index in [0.717, 1.165) is 0 Å². The van der Waals surface area contributed by atoms with Crippen molar-refractivity contribution < 1.29 is 19.4 Å². The van der Waals surface area contributed by atoms with Gasteiger partial charge in [-0.1, -0.05) is 0 Å². The van der Waals surface area contributed by atoms with E-state index in [4.69, 9.17) is 5.11 Å². The minimum absolute atomic E-state index is 0.409. The summed E-state index contributed by atoms with van der Waals surface area (Å²) < 4.78 is 4.66. The molecule has 19 heavy (non-hydrogen) atoms. The number of esters is 1. The predicted octanol–water partition coefficient (Wildman–Crippen LogP) is 0.668. The van der Waals surface area contributed by atoms with Gasteiger partial charge in [0.25, 0.3) is 0 Å². The summed E-state index contributed by atoms with van der Waals surface area (Å²) in [5, 5.41) is 8.87. The lowest BCUT2D eigenvalue weighted by Gasteiger charge is -2.33. The second-order valence-corrected chi connectivity index (χ2v) is 4.15. The summed E-state index contributed by atoms with van der Waals surface area (Å²) >= 11 is 0. The summed E-state index contributed by atoms with van der Waals surface area (Å²) in [6, 6.07) is 3.24. The summed E-state index contributed by atoms with van der Waals surface area (Å²) in [6.07, 6.45) is 0.640. The fourth-order valence-electron chi connectivity index (χ4n) is 1.96. The van der Waals surface area contributed by atoms with Crippen LogP contribution in [0.3, 0.4) is 0 Å². The first-order chi connectivity index (χ1) is 9.11. The number of carbonyl (C=O) groups is 2. The van der Waals surface area contributed by atoms with Gasteiger partial charge in [-0.2, -0.15) is 0 Å². The topological polar surface area (TPSA) is 83.0 Å². The maximum atomic E-state index is 11.4. The third-order valence-corrected chi connectivity index (χ3v) is 3.04. The van der Waals surface area contributed by atoms with Crippen LogP contribution in [-0.4, -0.2) is 60.3 Å². The van der Waals surface area contributed by atoms with Crippen LogP contribution in [0.25, 0.3) is 0 Å².